The Balaban J connectivity index is 1.66. The lowest BCUT2D eigenvalue weighted by atomic mass is 10.0. The number of carbonyl (C=O) groups is 1. The van der Waals surface area contributed by atoms with Gasteiger partial charge < -0.3 is 9.73 Å². The first-order chi connectivity index (χ1) is 12.6. The second-order valence-electron chi connectivity index (χ2n) is 6.12. The van der Waals surface area contributed by atoms with Crippen LogP contribution in [0, 0.1) is 6.92 Å². The number of ketones is 1. The summed E-state index contributed by atoms with van der Waals surface area (Å²) in [6, 6.07) is 20.9. The summed E-state index contributed by atoms with van der Waals surface area (Å²) in [4.78, 5) is 12.9. The number of fused-ring (bicyclic) bond motifs is 1. The molecule has 4 aromatic rings. The molecule has 0 aliphatic rings. The second-order valence-corrected chi connectivity index (χ2v) is 6.52. The van der Waals surface area contributed by atoms with Crippen LogP contribution in [0.25, 0.3) is 10.8 Å². The van der Waals surface area contributed by atoms with Gasteiger partial charge in [-0.3, -0.25) is 4.79 Å². The molecule has 4 heteroatoms. The van der Waals surface area contributed by atoms with E-state index in [2.05, 4.69) is 5.32 Å². The van der Waals surface area contributed by atoms with Crippen LogP contribution in [0.1, 0.15) is 21.7 Å². The fourth-order valence-corrected chi connectivity index (χ4v) is 3.20. The van der Waals surface area contributed by atoms with Crippen LogP contribution in [-0.2, 0) is 0 Å². The Bertz CT molecular complexity index is 1110. The third-order valence-electron chi connectivity index (χ3n) is 4.35. The van der Waals surface area contributed by atoms with Crippen LogP contribution in [0.5, 0.6) is 0 Å². The molecule has 26 heavy (non-hydrogen) atoms. The highest BCUT2D eigenvalue weighted by atomic mass is 35.5. The molecule has 4 rings (SSSR count). The Labute approximate surface area is 156 Å². The molecule has 0 radical (unpaired) electrons. The van der Waals surface area contributed by atoms with Crippen molar-refractivity contribution in [2.45, 2.75) is 6.92 Å². The first kappa shape index (κ1) is 16.4. The zero-order chi connectivity index (χ0) is 18.1. The van der Waals surface area contributed by atoms with Crippen molar-refractivity contribution >= 4 is 39.5 Å². The van der Waals surface area contributed by atoms with Crippen molar-refractivity contribution in [3.05, 3.63) is 94.9 Å². The van der Waals surface area contributed by atoms with Crippen LogP contribution in [0.2, 0.25) is 5.02 Å². The van der Waals surface area contributed by atoms with Gasteiger partial charge in [-0.15, -0.1) is 0 Å². The van der Waals surface area contributed by atoms with E-state index in [1.165, 1.54) is 0 Å². The third-order valence-corrected chi connectivity index (χ3v) is 4.67. The van der Waals surface area contributed by atoms with Crippen LogP contribution in [0.15, 0.2) is 77.4 Å². The van der Waals surface area contributed by atoms with Gasteiger partial charge in [-0.05, 0) is 36.8 Å². The Morgan fingerprint density at radius 2 is 1.77 bits per heavy atom. The highest BCUT2D eigenvalue weighted by Crippen LogP contribution is 2.29. The minimum atomic E-state index is -0.223. The number of rotatable bonds is 4. The van der Waals surface area contributed by atoms with E-state index in [1.54, 1.807) is 18.4 Å². The Morgan fingerprint density at radius 1 is 1.00 bits per heavy atom. The maximum Gasteiger partial charge on any atom is 0.230 e. The van der Waals surface area contributed by atoms with Crippen molar-refractivity contribution in [1.29, 1.82) is 0 Å². The van der Waals surface area contributed by atoms with E-state index < -0.39 is 0 Å². The molecule has 1 aromatic heterocycles. The number of hydrogen-bond donors (Lipinski definition) is 1. The van der Waals surface area contributed by atoms with Crippen LogP contribution in [-0.4, -0.2) is 5.78 Å². The van der Waals surface area contributed by atoms with Gasteiger partial charge >= 0.3 is 0 Å². The maximum absolute atomic E-state index is 12.9. The molecule has 0 atom stereocenters. The summed E-state index contributed by atoms with van der Waals surface area (Å²) in [6.07, 6.45) is 1.59. The number of hydrogen-bond acceptors (Lipinski definition) is 3. The van der Waals surface area contributed by atoms with E-state index >= 15 is 0 Å². The lowest BCUT2D eigenvalue weighted by molar-refractivity contribution is 0.101. The quantitative estimate of drug-likeness (QED) is 0.429. The Hall–Kier alpha value is -3.04. The molecule has 128 valence electrons. The van der Waals surface area contributed by atoms with Gasteiger partial charge in [-0.1, -0.05) is 54.1 Å². The van der Waals surface area contributed by atoms with Crippen molar-refractivity contribution in [3.8, 4) is 0 Å². The number of aryl methyl sites for hydroxylation is 1. The molecule has 3 nitrogen and oxygen atoms in total. The number of nitrogens with one attached hydrogen (secondary N) is 1. The summed E-state index contributed by atoms with van der Waals surface area (Å²) in [7, 11) is 0. The number of anilines is 2. The summed E-state index contributed by atoms with van der Waals surface area (Å²) < 4.78 is 5.50. The maximum atomic E-state index is 12.9. The van der Waals surface area contributed by atoms with Crippen LogP contribution >= 0.6 is 11.6 Å². The fraction of sp³-hybridized carbons (Fsp3) is 0.0455. The van der Waals surface area contributed by atoms with Gasteiger partial charge in [0.2, 0.25) is 5.78 Å². The van der Waals surface area contributed by atoms with Gasteiger partial charge in [-0.2, -0.15) is 0 Å². The van der Waals surface area contributed by atoms with Crippen molar-refractivity contribution in [2.24, 2.45) is 0 Å². The SMILES string of the molecule is Cc1ccccc1Nc1ccc(C(=O)c2occ3ccccc23)c(Cl)c1. The molecular weight excluding hydrogens is 346 g/mol. The molecule has 0 spiro atoms. The number of para-hydroxylation sites is 1. The average Bonchev–Trinajstić information content (AvgIpc) is 3.07. The van der Waals surface area contributed by atoms with Gasteiger partial charge in [0.25, 0.3) is 0 Å². The summed E-state index contributed by atoms with van der Waals surface area (Å²) in [5.41, 5.74) is 3.37. The topological polar surface area (TPSA) is 42.2 Å². The summed E-state index contributed by atoms with van der Waals surface area (Å²) in [5.74, 6) is 0.0840. The van der Waals surface area contributed by atoms with E-state index in [1.807, 2.05) is 61.5 Å². The van der Waals surface area contributed by atoms with Gasteiger partial charge in [0.15, 0.2) is 5.76 Å². The van der Waals surface area contributed by atoms with Crippen LogP contribution in [0.4, 0.5) is 11.4 Å². The van der Waals surface area contributed by atoms with E-state index in [-0.39, 0.29) is 5.78 Å². The highest BCUT2D eigenvalue weighted by Gasteiger charge is 2.19. The zero-order valence-electron chi connectivity index (χ0n) is 14.1. The predicted molar refractivity (Wildman–Crippen MR) is 106 cm³/mol. The first-order valence-corrected chi connectivity index (χ1v) is 8.64. The molecular formula is C22H16ClNO2. The molecule has 0 amide bonds. The molecule has 0 fully saturated rings. The molecule has 0 bridgehead atoms. The number of halogens is 1. The summed E-state index contributed by atoms with van der Waals surface area (Å²) >= 11 is 6.40. The lowest BCUT2D eigenvalue weighted by Crippen LogP contribution is -2.02. The first-order valence-electron chi connectivity index (χ1n) is 8.26. The van der Waals surface area contributed by atoms with Crippen LogP contribution < -0.4 is 5.32 Å². The normalized spacial score (nSPS) is 10.8. The second kappa shape index (κ2) is 6.70. The number of benzene rings is 3. The van der Waals surface area contributed by atoms with E-state index in [0.717, 1.165) is 27.7 Å². The van der Waals surface area contributed by atoms with Crippen LogP contribution in [0.3, 0.4) is 0 Å². The highest BCUT2D eigenvalue weighted by molar-refractivity contribution is 6.35. The van der Waals surface area contributed by atoms with E-state index in [0.29, 0.717) is 16.3 Å². The van der Waals surface area contributed by atoms with Crippen molar-refractivity contribution in [2.75, 3.05) is 5.32 Å². The minimum absolute atomic E-state index is 0.223. The zero-order valence-corrected chi connectivity index (χ0v) is 14.9. The Kier molecular flexibility index (Phi) is 4.23. The van der Waals surface area contributed by atoms with Gasteiger partial charge in [0.05, 0.1) is 11.3 Å². The smallest absolute Gasteiger partial charge is 0.230 e. The average molecular weight is 362 g/mol. The predicted octanol–water partition coefficient (Wildman–Crippen LogP) is 6.37. The summed E-state index contributed by atoms with van der Waals surface area (Å²) in [5, 5.41) is 5.39. The number of carbonyl (C=O) groups excluding carboxylic acids is 1. The van der Waals surface area contributed by atoms with Gasteiger partial charge in [-0.25, -0.2) is 0 Å². The molecule has 0 saturated carbocycles. The molecule has 3 aromatic carbocycles. The largest absolute Gasteiger partial charge is 0.460 e. The van der Waals surface area contributed by atoms with Crippen molar-refractivity contribution in [3.63, 3.8) is 0 Å². The standard InChI is InChI=1S/C22H16ClNO2/c1-14-6-2-5-9-20(14)24-16-10-11-18(19(23)12-16)21(25)22-17-8-4-3-7-15(17)13-26-22/h2-13,24H,1H3. The molecule has 0 saturated heterocycles. The lowest BCUT2D eigenvalue weighted by Gasteiger charge is -2.11. The Morgan fingerprint density at radius 3 is 2.58 bits per heavy atom. The van der Waals surface area contributed by atoms with Crippen molar-refractivity contribution < 1.29 is 9.21 Å². The van der Waals surface area contributed by atoms with E-state index in [4.69, 9.17) is 16.0 Å². The molecule has 0 aliphatic heterocycles. The molecule has 1 heterocycles. The van der Waals surface area contributed by atoms with Gasteiger partial charge in [0.1, 0.15) is 0 Å². The van der Waals surface area contributed by atoms with Crippen molar-refractivity contribution in [1.82, 2.24) is 0 Å². The summed E-state index contributed by atoms with van der Waals surface area (Å²) in [6.45, 7) is 2.03. The third kappa shape index (κ3) is 2.98. The number of furan rings is 1. The fourth-order valence-electron chi connectivity index (χ4n) is 2.94. The van der Waals surface area contributed by atoms with E-state index in [9.17, 15) is 4.79 Å². The molecule has 0 aliphatic carbocycles. The molecule has 0 unspecified atom stereocenters. The molecule has 1 N–H and O–H groups in total. The van der Waals surface area contributed by atoms with Gasteiger partial charge in [0, 0.05) is 27.7 Å². The monoisotopic (exact) mass is 361 g/mol. The minimum Gasteiger partial charge on any atom is -0.460 e.